The molecule has 0 saturated heterocycles. The predicted molar refractivity (Wildman–Crippen MR) is 218 cm³/mol. The van der Waals surface area contributed by atoms with Gasteiger partial charge in [-0.3, -0.25) is 9.97 Å². The van der Waals surface area contributed by atoms with Crippen LogP contribution in [0.15, 0.2) is 183 Å². The van der Waals surface area contributed by atoms with E-state index < -0.39 is 0 Å². The first kappa shape index (κ1) is 31.3. The molecule has 0 atom stereocenters. The van der Waals surface area contributed by atoms with Crippen LogP contribution in [-0.4, -0.2) is 29.9 Å². The third-order valence-corrected chi connectivity index (χ3v) is 9.93. The maximum atomic E-state index is 5.14. The molecule has 0 bridgehead atoms. The van der Waals surface area contributed by atoms with Gasteiger partial charge in [-0.15, -0.1) is 0 Å². The quantitative estimate of drug-likeness (QED) is 0.162. The smallest absolute Gasteiger partial charge is 0.165 e. The standard InChI is InChI=1S/C48H30N6/c1-2-10-34(11-3-1)44-29-42(45-38-13-5-4-9-31(38)20-23-43(45)51-44)33-18-16-32(17-19-33)37-21-22-41(40-15-7-6-14-39(37)40)48-53-46(35-24-27-49-28-25-35)52-47(54-48)36-12-8-26-50-30-36/h1-30H. The lowest BCUT2D eigenvalue weighted by Crippen LogP contribution is -2.01. The fourth-order valence-corrected chi connectivity index (χ4v) is 7.32. The summed E-state index contributed by atoms with van der Waals surface area (Å²) in [5, 5.41) is 5.72. The van der Waals surface area contributed by atoms with E-state index in [1.165, 1.54) is 10.8 Å². The summed E-state index contributed by atoms with van der Waals surface area (Å²) in [5.41, 5.74) is 10.2. The van der Waals surface area contributed by atoms with Crippen LogP contribution in [-0.2, 0) is 0 Å². The number of nitrogens with zero attached hydrogens (tertiary/aromatic N) is 6. The molecule has 0 radical (unpaired) electrons. The van der Waals surface area contributed by atoms with E-state index in [0.29, 0.717) is 17.5 Å². The van der Waals surface area contributed by atoms with Crippen LogP contribution < -0.4 is 0 Å². The number of rotatable bonds is 6. The van der Waals surface area contributed by atoms with Gasteiger partial charge in [-0.25, -0.2) is 19.9 Å². The maximum absolute atomic E-state index is 5.14. The Morgan fingerprint density at radius 2 is 0.963 bits per heavy atom. The van der Waals surface area contributed by atoms with Crippen molar-refractivity contribution in [3.63, 3.8) is 0 Å². The van der Waals surface area contributed by atoms with Gasteiger partial charge in [0.25, 0.3) is 0 Å². The number of hydrogen-bond acceptors (Lipinski definition) is 6. The predicted octanol–water partition coefficient (Wildman–Crippen LogP) is 11.5. The highest BCUT2D eigenvalue weighted by Gasteiger charge is 2.17. The zero-order chi connectivity index (χ0) is 35.8. The van der Waals surface area contributed by atoms with Gasteiger partial charge in [0.2, 0.25) is 0 Å². The number of fused-ring (bicyclic) bond motifs is 4. The van der Waals surface area contributed by atoms with Crippen LogP contribution in [0.4, 0.5) is 0 Å². The zero-order valence-electron chi connectivity index (χ0n) is 29.0. The highest BCUT2D eigenvalue weighted by molar-refractivity contribution is 6.14. The number of hydrogen-bond donors (Lipinski definition) is 0. The van der Waals surface area contributed by atoms with E-state index >= 15 is 0 Å². The molecule has 4 heterocycles. The van der Waals surface area contributed by atoms with Gasteiger partial charge >= 0.3 is 0 Å². The first-order chi connectivity index (χ1) is 26.8. The van der Waals surface area contributed by atoms with Gasteiger partial charge in [0.15, 0.2) is 17.5 Å². The Hall–Kier alpha value is -7.44. The van der Waals surface area contributed by atoms with Crippen LogP contribution >= 0.6 is 0 Å². The molecule has 0 N–H and O–H groups in total. The van der Waals surface area contributed by atoms with Crippen LogP contribution in [0.2, 0.25) is 0 Å². The minimum atomic E-state index is 0.565. The minimum Gasteiger partial charge on any atom is -0.265 e. The van der Waals surface area contributed by atoms with Crippen molar-refractivity contribution in [2.75, 3.05) is 0 Å². The van der Waals surface area contributed by atoms with Crippen molar-refractivity contribution in [1.82, 2.24) is 29.9 Å². The molecule has 10 aromatic rings. The Balaban J connectivity index is 1.10. The van der Waals surface area contributed by atoms with Crippen molar-refractivity contribution in [3.05, 3.63) is 183 Å². The third-order valence-electron chi connectivity index (χ3n) is 9.93. The zero-order valence-corrected chi connectivity index (χ0v) is 29.0. The second kappa shape index (κ2) is 13.3. The third kappa shape index (κ3) is 5.63. The molecule has 0 aliphatic carbocycles. The fraction of sp³-hybridized carbons (Fsp3) is 0. The molecular weight excluding hydrogens is 661 g/mol. The van der Waals surface area contributed by atoms with E-state index in [1.54, 1.807) is 24.8 Å². The molecule has 54 heavy (non-hydrogen) atoms. The summed E-state index contributed by atoms with van der Waals surface area (Å²) in [6, 6.07) is 54.8. The first-order valence-corrected chi connectivity index (χ1v) is 17.8. The van der Waals surface area contributed by atoms with E-state index in [0.717, 1.165) is 71.9 Å². The van der Waals surface area contributed by atoms with Crippen molar-refractivity contribution in [3.8, 4) is 67.7 Å². The van der Waals surface area contributed by atoms with Gasteiger partial charge in [0, 0.05) is 52.4 Å². The Bertz CT molecular complexity index is 2910. The second-order valence-corrected chi connectivity index (χ2v) is 13.2. The topological polar surface area (TPSA) is 77.3 Å². The molecule has 4 aromatic heterocycles. The molecule has 0 saturated carbocycles. The largest absolute Gasteiger partial charge is 0.265 e. The van der Waals surface area contributed by atoms with Crippen molar-refractivity contribution >= 4 is 32.4 Å². The van der Waals surface area contributed by atoms with E-state index in [-0.39, 0.29) is 0 Å². The van der Waals surface area contributed by atoms with Gasteiger partial charge in [-0.1, -0.05) is 115 Å². The molecule has 0 fully saturated rings. The average molecular weight is 691 g/mol. The van der Waals surface area contributed by atoms with Crippen LogP contribution in [0.5, 0.6) is 0 Å². The first-order valence-electron chi connectivity index (χ1n) is 17.8. The highest BCUT2D eigenvalue weighted by atomic mass is 15.0. The Labute approximate surface area is 311 Å². The maximum Gasteiger partial charge on any atom is 0.165 e. The summed E-state index contributed by atoms with van der Waals surface area (Å²) >= 11 is 0. The molecule has 10 rings (SSSR count). The summed E-state index contributed by atoms with van der Waals surface area (Å²) in [6.07, 6.45) is 7.02. The highest BCUT2D eigenvalue weighted by Crippen LogP contribution is 2.39. The van der Waals surface area contributed by atoms with Crippen molar-refractivity contribution in [1.29, 1.82) is 0 Å². The van der Waals surface area contributed by atoms with Crippen molar-refractivity contribution < 1.29 is 0 Å². The fourth-order valence-electron chi connectivity index (χ4n) is 7.32. The molecule has 0 aliphatic heterocycles. The van der Waals surface area contributed by atoms with Gasteiger partial charge in [0.1, 0.15) is 0 Å². The van der Waals surface area contributed by atoms with Gasteiger partial charge in [-0.2, -0.15) is 0 Å². The van der Waals surface area contributed by atoms with E-state index in [2.05, 4.69) is 137 Å². The normalized spacial score (nSPS) is 11.3. The summed E-state index contributed by atoms with van der Waals surface area (Å²) in [6.45, 7) is 0. The van der Waals surface area contributed by atoms with Crippen molar-refractivity contribution in [2.24, 2.45) is 0 Å². The van der Waals surface area contributed by atoms with Crippen LogP contribution in [0.25, 0.3) is 100 Å². The lowest BCUT2D eigenvalue weighted by atomic mass is 9.91. The van der Waals surface area contributed by atoms with E-state index in [4.69, 9.17) is 19.9 Å². The minimum absolute atomic E-state index is 0.565. The SMILES string of the molecule is c1ccc(-c2cc(-c3ccc(-c4ccc(-c5nc(-c6ccncc6)nc(-c6cccnc6)n5)c5ccccc45)cc3)c3c(ccc4ccccc43)n2)cc1. The Morgan fingerprint density at radius 1 is 0.333 bits per heavy atom. The lowest BCUT2D eigenvalue weighted by molar-refractivity contribution is 1.07. The van der Waals surface area contributed by atoms with Gasteiger partial charge in [0.05, 0.1) is 11.2 Å². The van der Waals surface area contributed by atoms with Gasteiger partial charge < -0.3 is 0 Å². The monoisotopic (exact) mass is 690 g/mol. The molecule has 252 valence electrons. The van der Waals surface area contributed by atoms with Crippen LogP contribution in [0.1, 0.15) is 0 Å². The molecular formula is C48H30N6. The Kier molecular flexibility index (Phi) is 7.69. The second-order valence-electron chi connectivity index (χ2n) is 13.2. The van der Waals surface area contributed by atoms with E-state index in [9.17, 15) is 0 Å². The number of benzene rings is 6. The molecule has 6 nitrogen and oxygen atoms in total. The number of aromatic nitrogens is 6. The van der Waals surface area contributed by atoms with Crippen molar-refractivity contribution in [2.45, 2.75) is 0 Å². The molecule has 0 spiro atoms. The molecule has 0 amide bonds. The summed E-state index contributed by atoms with van der Waals surface area (Å²) in [7, 11) is 0. The van der Waals surface area contributed by atoms with Crippen LogP contribution in [0.3, 0.4) is 0 Å². The molecule has 0 unspecified atom stereocenters. The van der Waals surface area contributed by atoms with E-state index in [1.807, 2.05) is 30.3 Å². The summed E-state index contributed by atoms with van der Waals surface area (Å²) < 4.78 is 0. The summed E-state index contributed by atoms with van der Waals surface area (Å²) in [5.74, 6) is 1.74. The molecule has 6 heteroatoms. The van der Waals surface area contributed by atoms with Crippen LogP contribution in [0, 0.1) is 0 Å². The molecule has 0 aliphatic rings. The van der Waals surface area contributed by atoms with Gasteiger partial charge in [-0.05, 0) is 86.3 Å². The lowest BCUT2D eigenvalue weighted by Gasteiger charge is -2.15. The number of pyridine rings is 3. The average Bonchev–Trinajstić information content (AvgIpc) is 3.26. The summed E-state index contributed by atoms with van der Waals surface area (Å²) in [4.78, 5) is 28.5. The molecule has 6 aromatic carbocycles. The Morgan fingerprint density at radius 3 is 1.72 bits per heavy atom.